The first-order valence-electron chi connectivity index (χ1n) is 4.63. The molecular weight excluding hydrogens is 344 g/mol. The summed E-state index contributed by atoms with van der Waals surface area (Å²) in [6.07, 6.45) is 1.01. The highest BCUT2D eigenvalue weighted by atomic mass is 79.9. The molecule has 3 nitrogen and oxygen atoms in total. The molecule has 1 aromatic rings. The fourth-order valence-electron chi connectivity index (χ4n) is 1.54. The van der Waals surface area contributed by atoms with E-state index in [1.165, 1.54) is 11.3 Å². The molecule has 1 aliphatic heterocycles. The van der Waals surface area contributed by atoms with E-state index in [1.807, 2.05) is 6.07 Å². The minimum atomic E-state index is -0.00229. The smallest absolute Gasteiger partial charge is 0.253 e. The van der Waals surface area contributed by atoms with E-state index in [0.29, 0.717) is 5.56 Å². The Morgan fingerprint density at radius 1 is 1.60 bits per heavy atom. The topological polar surface area (TPSA) is 41.1 Å². The van der Waals surface area contributed by atoms with Gasteiger partial charge in [0.25, 0.3) is 5.91 Å². The van der Waals surface area contributed by atoms with E-state index in [9.17, 15) is 4.79 Å². The van der Waals surface area contributed by atoms with Crippen molar-refractivity contribution in [1.29, 1.82) is 0 Å². The molecule has 1 saturated heterocycles. The van der Waals surface area contributed by atoms with E-state index in [4.69, 9.17) is 0 Å². The summed E-state index contributed by atoms with van der Waals surface area (Å²) < 4.78 is 1.84. The van der Waals surface area contributed by atoms with Gasteiger partial charge in [0.05, 0.1) is 13.1 Å². The van der Waals surface area contributed by atoms with Crippen molar-refractivity contribution in [2.24, 2.45) is 0 Å². The zero-order valence-electron chi connectivity index (χ0n) is 7.85. The molecule has 2 heterocycles. The quantitative estimate of drug-likeness (QED) is 0.856. The molecule has 1 atom stereocenters. The molecule has 0 radical (unpaired) electrons. The van der Waals surface area contributed by atoms with Crippen LogP contribution in [0, 0.1) is 0 Å². The summed E-state index contributed by atoms with van der Waals surface area (Å²) in [5, 5.41) is 6.22. The maximum absolute atomic E-state index is 11.9. The molecule has 1 aliphatic rings. The van der Waals surface area contributed by atoms with Crippen LogP contribution in [0.2, 0.25) is 0 Å². The summed E-state index contributed by atoms with van der Waals surface area (Å²) in [6.45, 7) is 1.86. The largest absolute Gasteiger partial charge is 0.348 e. The molecule has 0 bridgehead atoms. The van der Waals surface area contributed by atoms with Gasteiger partial charge in [-0.3, -0.25) is 4.79 Å². The zero-order valence-corrected chi connectivity index (χ0v) is 11.8. The molecule has 2 rings (SSSR count). The molecule has 0 saturated carbocycles. The van der Waals surface area contributed by atoms with Gasteiger partial charge in [0, 0.05) is 12.6 Å². The zero-order chi connectivity index (χ0) is 10.8. The van der Waals surface area contributed by atoms with Gasteiger partial charge in [-0.2, -0.15) is 0 Å². The van der Waals surface area contributed by atoms with Gasteiger partial charge in [-0.15, -0.1) is 11.3 Å². The molecule has 15 heavy (non-hydrogen) atoms. The molecule has 1 fully saturated rings. The van der Waals surface area contributed by atoms with E-state index >= 15 is 0 Å². The predicted molar refractivity (Wildman–Crippen MR) is 68.5 cm³/mol. The fraction of sp³-hybridized carbons (Fsp3) is 0.444. The Morgan fingerprint density at radius 3 is 2.93 bits per heavy atom. The molecule has 1 aromatic heterocycles. The Labute approximate surface area is 109 Å². The lowest BCUT2D eigenvalue weighted by Crippen LogP contribution is -2.36. The highest BCUT2D eigenvalue weighted by molar-refractivity contribution is 9.12. The number of rotatable bonds is 2. The highest BCUT2D eigenvalue weighted by Gasteiger charge is 2.20. The third kappa shape index (κ3) is 2.81. The first-order chi connectivity index (χ1) is 7.16. The van der Waals surface area contributed by atoms with Crippen LogP contribution in [-0.2, 0) is 0 Å². The Hall–Kier alpha value is 0.0900. The van der Waals surface area contributed by atoms with Gasteiger partial charge in [-0.1, -0.05) is 0 Å². The van der Waals surface area contributed by atoms with Crippen LogP contribution in [0.1, 0.15) is 16.8 Å². The lowest BCUT2D eigenvalue weighted by Gasteiger charge is -2.10. The third-order valence-electron chi connectivity index (χ3n) is 2.30. The monoisotopic (exact) mass is 352 g/mol. The van der Waals surface area contributed by atoms with Crippen molar-refractivity contribution in [1.82, 2.24) is 10.6 Å². The van der Waals surface area contributed by atoms with E-state index < -0.39 is 0 Å². The van der Waals surface area contributed by atoms with Crippen molar-refractivity contribution in [3.05, 3.63) is 19.2 Å². The Morgan fingerprint density at radius 2 is 2.40 bits per heavy atom. The molecule has 2 N–H and O–H groups in total. The van der Waals surface area contributed by atoms with Crippen LogP contribution in [0.5, 0.6) is 0 Å². The average Bonchev–Trinajstić information content (AvgIpc) is 2.75. The maximum Gasteiger partial charge on any atom is 0.253 e. The standard InChI is InChI=1S/C9H10Br2N2OS/c10-7-3-6(8(11)15-7)9(14)13-5-1-2-12-4-5/h3,5,12H,1-2,4H2,(H,13,14)/t5-/m0/s1. The van der Waals surface area contributed by atoms with Gasteiger partial charge in [-0.05, 0) is 50.9 Å². The number of amides is 1. The number of thiophene rings is 1. The maximum atomic E-state index is 11.9. The average molecular weight is 354 g/mol. The number of nitrogens with one attached hydrogen (secondary N) is 2. The Kier molecular flexibility index (Phi) is 3.82. The second-order valence-corrected chi connectivity index (χ2v) is 7.15. The van der Waals surface area contributed by atoms with Crippen LogP contribution in [0.4, 0.5) is 0 Å². The van der Waals surface area contributed by atoms with Crippen LogP contribution >= 0.6 is 43.2 Å². The van der Waals surface area contributed by atoms with Crippen molar-refractivity contribution in [2.75, 3.05) is 13.1 Å². The summed E-state index contributed by atoms with van der Waals surface area (Å²) >= 11 is 8.25. The normalized spacial score (nSPS) is 20.5. The molecule has 0 unspecified atom stereocenters. The summed E-state index contributed by atoms with van der Waals surface area (Å²) in [6, 6.07) is 2.11. The summed E-state index contributed by atoms with van der Waals surface area (Å²) in [4.78, 5) is 11.9. The molecule has 82 valence electrons. The van der Waals surface area contributed by atoms with Crippen molar-refractivity contribution >= 4 is 49.1 Å². The summed E-state index contributed by atoms with van der Waals surface area (Å²) in [5.74, 6) is -0.00229. The molecular formula is C9H10Br2N2OS. The number of halogens is 2. The summed E-state index contributed by atoms with van der Waals surface area (Å²) in [5.41, 5.74) is 0.707. The van der Waals surface area contributed by atoms with E-state index in [2.05, 4.69) is 42.5 Å². The minimum absolute atomic E-state index is 0.00229. The first kappa shape index (κ1) is 11.6. The third-order valence-corrected chi connectivity index (χ3v) is 4.64. The Bertz CT molecular complexity index is 374. The van der Waals surface area contributed by atoms with Gasteiger partial charge >= 0.3 is 0 Å². The minimum Gasteiger partial charge on any atom is -0.348 e. The predicted octanol–water partition coefficient (Wildman–Crippen LogP) is 2.36. The second-order valence-electron chi connectivity index (χ2n) is 3.40. The molecule has 0 spiro atoms. The number of hydrogen-bond donors (Lipinski definition) is 2. The Balaban J connectivity index is 2.03. The van der Waals surface area contributed by atoms with Crippen LogP contribution in [0.3, 0.4) is 0 Å². The number of hydrogen-bond acceptors (Lipinski definition) is 3. The van der Waals surface area contributed by atoms with Gasteiger partial charge < -0.3 is 10.6 Å². The molecule has 0 aromatic carbocycles. The molecule has 0 aliphatic carbocycles. The van der Waals surface area contributed by atoms with Crippen molar-refractivity contribution < 1.29 is 4.79 Å². The van der Waals surface area contributed by atoms with E-state index in [1.54, 1.807) is 0 Å². The van der Waals surface area contributed by atoms with Crippen molar-refractivity contribution in [2.45, 2.75) is 12.5 Å². The van der Waals surface area contributed by atoms with E-state index in [-0.39, 0.29) is 11.9 Å². The van der Waals surface area contributed by atoms with Crippen LogP contribution in [0.25, 0.3) is 0 Å². The van der Waals surface area contributed by atoms with Gasteiger partial charge in [0.1, 0.15) is 0 Å². The van der Waals surface area contributed by atoms with Gasteiger partial charge in [0.15, 0.2) is 0 Å². The van der Waals surface area contributed by atoms with Gasteiger partial charge in [0.2, 0.25) is 0 Å². The van der Waals surface area contributed by atoms with Crippen molar-refractivity contribution in [3.63, 3.8) is 0 Å². The first-order valence-corrected chi connectivity index (χ1v) is 7.03. The van der Waals surface area contributed by atoms with Crippen molar-refractivity contribution in [3.8, 4) is 0 Å². The van der Waals surface area contributed by atoms with Gasteiger partial charge in [-0.25, -0.2) is 0 Å². The number of carbonyl (C=O) groups is 1. The van der Waals surface area contributed by atoms with Crippen LogP contribution in [0.15, 0.2) is 13.6 Å². The fourth-order valence-corrected chi connectivity index (χ4v) is 4.33. The second kappa shape index (κ2) is 4.95. The SMILES string of the molecule is O=C(N[C@H]1CCNC1)c1cc(Br)sc1Br. The van der Waals surface area contributed by atoms with Crippen LogP contribution < -0.4 is 10.6 Å². The summed E-state index contributed by atoms with van der Waals surface area (Å²) in [7, 11) is 0. The lowest BCUT2D eigenvalue weighted by atomic mass is 10.2. The lowest BCUT2D eigenvalue weighted by molar-refractivity contribution is 0.0940. The molecule has 1 amide bonds. The van der Waals surface area contributed by atoms with Crippen LogP contribution in [-0.4, -0.2) is 25.0 Å². The number of carbonyl (C=O) groups excluding carboxylic acids is 1. The molecule has 6 heteroatoms. The van der Waals surface area contributed by atoms with E-state index in [0.717, 1.165) is 27.1 Å². The highest BCUT2D eigenvalue weighted by Crippen LogP contribution is 2.31.